The Bertz CT molecular complexity index is 998. The van der Waals surface area contributed by atoms with Crippen LogP contribution in [0.15, 0.2) is 59.4 Å². The molecule has 1 aliphatic carbocycles. The normalized spacial score (nSPS) is 17.3. The molecule has 1 amide bonds. The molecule has 3 aromatic rings. The second-order valence-corrected chi connectivity index (χ2v) is 7.68. The van der Waals surface area contributed by atoms with Crippen molar-refractivity contribution in [3.63, 3.8) is 0 Å². The Hall–Kier alpha value is -2.13. The maximum absolute atomic E-state index is 12.8. The summed E-state index contributed by atoms with van der Waals surface area (Å²) < 4.78 is 38.4. The van der Waals surface area contributed by atoms with E-state index in [2.05, 4.69) is 15.6 Å². The fourth-order valence-electron chi connectivity index (χ4n) is 3.20. The number of nitrogens with one attached hydrogen (secondary N) is 2. The van der Waals surface area contributed by atoms with Crippen LogP contribution in [0.25, 0.3) is 0 Å². The predicted molar refractivity (Wildman–Crippen MR) is 120 cm³/mol. The first-order valence-corrected chi connectivity index (χ1v) is 10.0. The van der Waals surface area contributed by atoms with Crippen molar-refractivity contribution < 1.29 is 18.0 Å². The van der Waals surface area contributed by atoms with Crippen LogP contribution < -0.4 is 10.6 Å². The number of amides is 1. The highest BCUT2D eigenvalue weighted by atomic mass is 35.5. The summed E-state index contributed by atoms with van der Waals surface area (Å²) in [6.07, 6.45) is -3.44. The Labute approximate surface area is 194 Å². The van der Waals surface area contributed by atoms with Crippen molar-refractivity contribution in [2.45, 2.75) is 31.1 Å². The summed E-state index contributed by atoms with van der Waals surface area (Å²) >= 11 is 1.57. The van der Waals surface area contributed by atoms with Crippen molar-refractivity contribution in [2.75, 3.05) is 5.32 Å². The van der Waals surface area contributed by atoms with Crippen molar-refractivity contribution in [2.24, 2.45) is 0 Å². The molecule has 1 fully saturated rings. The zero-order chi connectivity index (χ0) is 20.4. The lowest BCUT2D eigenvalue weighted by atomic mass is 10.1. The highest BCUT2D eigenvalue weighted by Crippen LogP contribution is 2.41. The predicted octanol–water partition coefficient (Wildman–Crippen LogP) is 5.90. The topological polar surface area (TPSA) is 54.0 Å². The largest absolute Gasteiger partial charge is 0.416 e. The molecule has 0 spiro atoms. The average molecular weight is 490 g/mol. The number of carbonyl (C=O) groups is 1. The van der Waals surface area contributed by atoms with Gasteiger partial charge in [0.25, 0.3) is 5.91 Å². The fraction of sp³-hybridized carbons (Fsp3) is 0.238. The molecule has 1 aromatic heterocycles. The molecule has 0 radical (unpaired) electrons. The van der Waals surface area contributed by atoms with E-state index in [0.29, 0.717) is 17.6 Å². The van der Waals surface area contributed by atoms with Crippen LogP contribution in [0, 0.1) is 0 Å². The van der Waals surface area contributed by atoms with Gasteiger partial charge in [-0.2, -0.15) is 13.2 Å². The molecule has 0 aliphatic heterocycles. The average Bonchev–Trinajstić information content (AvgIpc) is 3.29. The number of carbonyl (C=O) groups excluding carboxylic acids is 1. The maximum Gasteiger partial charge on any atom is 0.416 e. The number of thiazole rings is 1. The molecule has 4 nitrogen and oxygen atoms in total. The number of halogens is 5. The first kappa shape index (κ1) is 25.1. The lowest BCUT2D eigenvalue weighted by Crippen LogP contribution is -2.17. The van der Waals surface area contributed by atoms with Crippen LogP contribution >= 0.6 is 36.2 Å². The maximum atomic E-state index is 12.8. The second-order valence-electron chi connectivity index (χ2n) is 6.96. The van der Waals surface area contributed by atoms with E-state index in [1.54, 1.807) is 23.5 Å². The molecule has 2 aromatic carbocycles. The number of rotatable bonds is 6. The van der Waals surface area contributed by atoms with Gasteiger partial charge in [-0.15, -0.1) is 36.2 Å². The third-order valence-corrected chi connectivity index (χ3v) is 5.50. The third-order valence-electron chi connectivity index (χ3n) is 4.87. The van der Waals surface area contributed by atoms with Crippen molar-refractivity contribution >= 4 is 47.7 Å². The Morgan fingerprint density at radius 1 is 1.13 bits per heavy atom. The van der Waals surface area contributed by atoms with Gasteiger partial charge in [0.15, 0.2) is 0 Å². The Kier molecular flexibility index (Phi) is 8.48. The van der Waals surface area contributed by atoms with Gasteiger partial charge >= 0.3 is 6.18 Å². The van der Waals surface area contributed by atoms with Crippen LogP contribution in [0.5, 0.6) is 0 Å². The molecule has 1 aliphatic rings. The minimum absolute atomic E-state index is 0. The van der Waals surface area contributed by atoms with Gasteiger partial charge in [-0.05, 0) is 42.3 Å². The summed E-state index contributed by atoms with van der Waals surface area (Å²) in [6.45, 7) is 0.746. The molecule has 0 bridgehead atoms. The van der Waals surface area contributed by atoms with Crippen LogP contribution in [-0.4, -0.2) is 16.9 Å². The third kappa shape index (κ3) is 6.43. The number of alkyl halides is 3. The van der Waals surface area contributed by atoms with E-state index in [9.17, 15) is 18.0 Å². The fourth-order valence-corrected chi connectivity index (χ4v) is 3.76. The molecule has 166 valence electrons. The molecule has 2 unspecified atom stereocenters. The van der Waals surface area contributed by atoms with Crippen LogP contribution in [-0.2, 0) is 12.7 Å². The molecular weight excluding hydrogens is 470 g/mol. The summed E-state index contributed by atoms with van der Waals surface area (Å²) in [4.78, 5) is 16.5. The summed E-state index contributed by atoms with van der Waals surface area (Å²) in [5.41, 5.74) is 3.69. The molecule has 31 heavy (non-hydrogen) atoms. The summed E-state index contributed by atoms with van der Waals surface area (Å²) in [5, 5.41) is 8.15. The van der Waals surface area contributed by atoms with E-state index in [0.717, 1.165) is 36.4 Å². The van der Waals surface area contributed by atoms with Crippen molar-refractivity contribution in [1.82, 2.24) is 10.3 Å². The number of benzene rings is 2. The van der Waals surface area contributed by atoms with Crippen LogP contribution in [0.1, 0.15) is 39.5 Å². The summed E-state index contributed by atoms with van der Waals surface area (Å²) in [6, 6.07) is 12.2. The van der Waals surface area contributed by atoms with E-state index in [1.807, 2.05) is 23.0 Å². The standard InChI is InChI=1S/C21H18F3N3OS.2ClH/c22-21(23,24)15-3-1-2-14(8-15)20(28)27-16-6-4-13(5-7-16)18-9-19(18)25-10-17-11-29-12-26-17;;/h1-8,11-12,18-19,25H,9-10H2,(H,27,28);2*1H. The molecule has 1 heterocycles. The van der Waals surface area contributed by atoms with Crippen molar-refractivity contribution in [3.05, 3.63) is 81.8 Å². The molecule has 2 N–H and O–H groups in total. The molecule has 0 saturated heterocycles. The summed E-state index contributed by atoms with van der Waals surface area (Å²) in [7, 11) is 0. The van der Waals surface area contributed by atoms with E-state index >= 15 is 0 Å². The SMILES string of the molecule is Cl.Cl.O=C(Nc1ccc(C2CC2NCc2cscn2)cc1)c1cccc(C(F)(F)F)c1. The lowest BCUT2D eigenvalue weighted by Gasteiger charge is -2.10. The molecule has 10 heteroatoms. The highest BCUT2D eigenvalue weighted by Gasteiger charge is 2.37. The zero-order valence-corrected chi connectivity index (χ0v) is 18.5. The first-order chi connectivity index (χ1) is 13.9. The molecular formula is C21H20Cl2F3N3OS. The number of aromatic nitrogens is 1. The Balaban J connectivity index is 0.00000171. The number of nitrogens with zero attached hydrogens (tertiary/aromatic N) is 1. The second kappa shape index (κ2) is 10.5. The van der Waals surface area contributed by atoms with Crippen molar-refractivity contribution in [1.29, 1.82) is 0 Å². The summed E-state index contributed by atoms with van der Waals surface area (Å²) in [5.74, 6) is -0.153. The Morgan fingerprint density at radius 3 is 2.52 bits per heavy atom. The van der Waals surface area contributed by atoms with Gasteiger partial charge < -0.3 is 10.6 Å². The minimum atomic E-state index is -4.48. The van der Waals surface area contributed by atoms with Crippen molar-refractivity contribution in [3.8, 4) is 0 Å². The molecule has 2 atom stereocenters. The number of hydrogen-bond acceptors (Lipinski definition) is 4. The van der Waals surface area contributed by atoms with Gasteiger partial charge in [0.05, 0.1) is 16.8 Å². The van der Waals surface area contributed by atoms with Gasteiger partial charge in [0.1, 0.15) is 0 Å². The van der Waals surface area contributed by atoms with Crippen LogP contribution in [0.3, 0.4) is 0 Å². The smallest absolute Gasteiger partial charge is 0.322 e. The molecule has 1 saturated carbocycles. The minimum Gasteiger partial charge on any atom is -0.322 e. The highest BCUT2D eigenvalue weighted by molar-refractivity contribution is 7.07. The van der Waals surface area contributed by atoms with Gasteiger partial charge in [-0.1, -0.05) is 18.2 Å². The Morgan fingerprint density at radius 2 is 1.87 bits per heavy atom. The van der Waals surface area contributed by atoms with E-state index < -0.39 is 17.6 Å². The van der Waals surface area contributed by atoms with Gasteiger partial charge in [0, 0.05) is 35.1 Å². The van der Waals surface area contributed by atoms with E-state index in [-0.39, 0.29) is 30.4 Å². The number of anilines is 1. The van der Waals surface area contributed by atoms with Crippen LogP contribution in [0.4, 0.5) is 18.9 Å². The first-order valence-electron chi connectivity index (χ1n) is 9.09. The van der Waals surface area contributed by atoms with Crippen LogP contribution in [0.2, 0.25) is 0 Å². The van der Waals surface area contributed by atoms with Gasteiger partial charge in [0.2, 0.25) is 0 Å². The van der Waals surface area contributed by atoms with Gasteiger partial charge in [-0.25, -0.2) is 4.98 Å². The monoisotopic (exact) mass is 489 g/mol. The zero-order valence-electron chi connectivity index (χ0n) is 16.1. The van der Waals surface area contributed by atoms with E-state index in [1.165, 1.54) is 12.1 Å². The molecule has 4 rings (SSSR count). The lowest BCUT2D eigenvalue weighted by molar-refractivity contribution is -0.137. The van der Waals surface area contributed by atoms with E-state index in [4.69, 9.17) is 0 Å². The van der Waals surface area contributed by atoms with Gasteiger partial charge in [-0.3, -0.25) is 4.79 Å². The number of hydrogen-bond donors (Lipinski definition) is 2. The quantitative estimate of drug-likeness (QED) is 0.452.